The molecule has 0 amide bonds. The number of hydrogen-bond donors (Lipinski definition) is 1. The van der Waals surface area contributed by atoms with Gasteiger partial charge in [-0.05, 0) is 49.9 Å². The van der Waals surface area contributed by atoms with Crippen molar-refractivity contribution < 1.29 is 9.13 Å². The minimum Gasteiger partial charge on any atom is -0.379 e. The van der Waals surface area contributed by atoms with Crippen LogP contribution in [0.15, 0.2) is 18.2 Å². The Morgan fingerprint density at radius 2 is 2.05 bits per heavy atom. The van der Waals surface area contributed by atoms with Gasteiger partial charge in [-0.15, -0.1) is 0 Å². The average Bonchev–Trinajstić information content (AvgIpc) is 2.50. The quantitative estimate of drug-likeness (QED) is 0.907. The summed E-state index contributed by atoms with van der Waals surface area (Å²) in [7, 11) is 0. The molecule has 0 aliphatic carbocycles. The van der Waals surface area contributed by atoms with Crippen LogP contribution in [0.2, 0.25) is 0 Å². The minimum atomic E-state index is -0.184. The zero-order valence-corrected chi connectivity index (χ0v) is 13.4. The van der Waals surface area contributed by atoms with E-state index in [1.807, 2.05) is 13.0 Å². The summed E-state index contributed by atoms with van der Waals surface area (Å²) in [5.41, 5.74) is 8.62. The lowest BCUT2D eigenvalue weighted by Gasteiger charge is -2.46. The third-order valence-corrected chi connectivity index (χ3v) is 4.99. The Morgan fingerprint density at radius 1 is 1.38 bits per heavy atom. The number of morpholine rings is 1. The first-order chi connectivity index (χ1) is 9.97. The number of ether oxygens (including phenoxy) is 1. The lowest BCUT2D eigenvalue weighted by molar-refractivity contribution is -0.0272. The molecule has 2 N–H and O–H groups in total. The number of nitrogens with two attached hydrogens (primary N) is 1. The van der Waals surface area contributed by atoms with Crippen LogP contribution >= 0.6 is 0 Å². The van der Waals surface area contributed by atoms with E-state index in [1.165, 1.54) is 6.07 Å². The van der Waals surface area contributed by atoms with Crippen LogP contribution in [0.25, 0.3) is 0 Å². The van der Waals surface area contributed by atoms with Gasteiger partial charge in [-0.1, -0.05) is 13.0 Å². The summed E-state index contributed by atoms with van der Waals surface area (Å²) in [6.45, 7) is 9.79. The lowest BCUT2D eigenvalue weighted by atomic mass is 9.83. The summed E-state index contributed by atoms with van der Waals surface area (Å²) in [5.74, 6) is -0.184. The molecule has 0 aromatic heterocycles. The highest BCUT2D eigenvalue weighted by molar-refractivity contribution is 5.28. The summed E-state index contributed by atoms with van der Waals surface area (Å²) in [6.07, 6.45) is 1.77. The van der Waals surface area contributed by atoms with E-state index in [1.54, 1.807) is 6.07 Å². The Bertz CT molecular complexity index is 474. The molecule has 1 fully saturated rings. The Labute approximate surface area is 127 Å². The molecule has 0 bridgehead atoms. The molecule has 3 nitrogen and oxygen atoms in total. The second-order valence-corrected chi connectivity index (χ2v) is 6.19. The van der Waals surface area contributed by atoms with Gasteiger partial charge in [0.05, 0.1) is 13.2 Å². The first kappa shape index (κ1) is 16.4. The van der Waals surface area contributed by atoms with Crippen molar-refractivity contribution in [3.63, 3.8) is 0 Å². The van der Waals surface area contributed by atoms with Gasteiger partial charge in [-0.25, -0.2) is 4.39 Å². The Hall–Kier alpha value is -0.970. The number of benzene rings is 1. The van der Waals surface area contributed by atoms with Gasteiger partial charge in [0, 0.05) is 24.7 Å². The average molecular weight is 294 g/mol. The molecule has 118 valence electrons. The monoisotopic (exact) mass is 294 g/mol. The van der Waals surface area contributed by atoms with Crippen molar-refractivity contribution in [1.29, 1.82) is 0 Å². The molecule has 1 aromatic rings. The first-order valence-electron chi connectivity index (χ1n) is 7.80. The fraction of sp³-hybridized carbons (Fsp3) is 0.647. The summed E-state index contributed by atoms with van der Waals surface area (Å²) in [5, 5.41) is 0. The molecule has 0 spiro atoms. The van der Waals surface area contributed by atoms with Crippen LogP contribution in [-0.2, 0) is 11.2 Å². The maximum absolute atomic E-state index is 13.2. The molecule has 1 aliphatic heterocycles. The van der Waals surface area contributed by atoms with E-state index in [4.69, 9.17) is 10.5 Å². The predicted octanol–water partition coefficient (Wildman–Crippen LogP) is 2.50. The van der Waals surface area contributed by atoms with E-state index in [2.05, 4.69) is 18.7 Å². The highest BCUT2D eigenvalue weighted by Gasteiger charge is 2.37. The summed E-state index contributed by atoms with van der Waals surface area (Å²) in [4.78, 5) is 2.44. The number of nitrogens with zero attached hydrogens (tertiary/aromatic N) is 1. The van der Waals surface area contributed by atoms with Gasteiger partial charge in [0.1, 0.15) is 5.82 Å². The van der Waals surface area contributed by atoms with Crippen molar-refractivity contribution in [1.82, 2.24) is 4.90 Å². The minimum absolute atomic E-state index is 0.0183. The summed E-state index contributed by atoms with van der Waals surface area (Å²) < 4.78 is 18.7. The fourth-order valence-electron chi connectivity index (χ4n) is 3.14. The smallest absolute Gasteiger partial charge is 0.123 e. The molecule has 0 saturated carbocycles. The van der Waals surface area contributed by atoms with Crippen molar-refractivity contribution >= 4 is 0 Å². The van der Waals surface area contributed by atoms with Crippen LogP contribution < -0.4 is 5.73 Å². The molecule has 2 unspecified atom stereocenters. The zero-order valence-electron chi connectivity index (χ0n) is 13.4. The fourth-order valence-corrected chi connectivity index (χ4v) is 3.14. The van der Waals surface area contributed by atoms with Gasteiger partial charge >= 0.3 is 0 Å². The molecule has 0 radical (unpaired) electrons. The largest absolute Gasteiger partial charge is 0.379 e. The van der Waals surface area contributed by atoms with Crippen molar-refractivity contribution in [2.75, 3.05) is 26.3 Å². The third-order valence-electron chi connectivity index (χ3n) is 4.99. The third kappa shape index (κ3) is 3.62. The number of aryl methyl sites for hydroxylation is 1. The summed E-state index contributed by atoms with van der Waals surface area (Å²) in [6, 6.07) is 4.98. The second kappa shape index (κ2) is 6.86. The molecule has 1 aliphatic rings. The lowest BCUT2D eigenvalue weighted by Crippen LogP contribution is -2.61. The van der Waals surface area contributed by atoms with Crippen LogP contribution in [0.5, 0.6) is 0 Å². The molecule has 1 saturated heterocycles. The van der Waals surface area contributed by atoms with Gasteiger partial charge in [0.25, 0.3) is 0 Å². The van der Waals surface area contributed by atoms with Crippen molar-refractivity contribution in [3.05, 3.63) is 35.1 Å². The number of rotatable bonds is 5. The van der Waals surface area contributed by atoms with Gasteiger partial charge in [0.2, 0.25) is 0 Å². The molecule has 1 aromatic carbocycles. The normalized spacial score (nSPS) is 21.0. The van der Waals surface area contributed by atoms with Crippen molar-refractivity contribution in [2.45, 2.75) is 45.2 Å². The van der Waals surface area contributed by atoms with E-state index in [9.17, 15) is 4.39 Å². The van der Waals surface area contributed by atoms with Crippen LogP contribution in [0.1, 0.15) is 31.4 Å². The van der Waals surface area contributed by atoms with Crippen molar-refractivity contribution in [3.8, 4) is 0 Å². The predicted molar refractivity (Wildman–Crippen MR) is 83.9 cm³/mol. The standard InChI is InChI=1S/C17H27FN2O/c1-4-17(3,20-7-9-21-10-8-20)16(19)12-14-5-6-15(18)11-13(14)2/h5-6,11,16H,4,7-10,12,19H2,1-3H3. The highest BCUT2D eigenvalue weighted by Crippen LogP contribution is 2.26. The van der Waals surface area contributed by atoms with Gasteiger partial charge in [-0.3, -0.25) is 4.90 Å². The van der Waals surface area contributed by atoms with E-state index in [-0.39, 0.29) is 17.4 Å². The van der Waals surface area contributed by atoms with E-state index >= 15 is 0 Å². The first-order valence-corrected chi connectivity index (χ1v) is 7.80. The molecule has 2 rings (SSSR count). The van der Waals surface area contributed by atoms with Crippen LogP contribution in [-0.4, -0.2) is 42.8 Å². The van der Waals surface area contributed by atoms with Gasteiger partial charge < -0.3 is 10.5 Å². The van der Waals surface area contributed by atoms with Gasteiger partial charge in [0.15, 0.2) is 0 Å². The topological polar surface area (TPSA) is 38.5 Å². The van der Waals surface area contributed by atoms with Crippen LogP contribution in [0.4, 0.5) is 4.39 Å². The molecule has 21 heavy (non-hydrogen) atoms. The number of hydrogen-bond acceptors (Lipinski definition) is 3. The zero-order chi connectivity index (χ0) is 15.5. The molecular formula is C17H27FN2O. The van der Waals surface area contributed by atoms with E-state index in [0.717, 1.165) is 50.3 Å². The summed E-state index contributed by atoms with van der Waals surface area (Å²) >= 11 is 0. The Balaban J connectivity index is 2.13. The van der Waals surface area contributed by atoms with E-state index in [0.29, 0.717) is 0 Å². The van der Waals surface area contributed by atoms with E-state index < -0.39 is 0 Å². The van der Waals surface area contributed by atoms with Crippen LogP contribution in [0.3, 0.4) is 0 Å². The maximum Gasteiger partial charge on any atom is 0.123 e. The van der Waals surface area contributed by atoms with Gasteiger partial charge in [-0.2, -0.15) is 0 Å². The molecule has 4 heteroatoms. The van der Waals surface area contributed by atoms with Crippen molar-refractivity contribution in [2.24, 2.45) is 5.73 Å². The molecular weight excluding hydrogens is 267 g/mol. The SMILES string of the molecule is CCC(C)(C(N)Cc1ccc(F)cc1C)N1CCOCC1. The molecule has 1 heterocycles. The highest BCUT2D eigenvalue weighted by atomic mass is 19.1. The van der Waals surface area contributed by atoms with Crippen LogP contribution in [0, 0.1) is 12.7 Å². The Kier molecular flexibility index (Phi) is 5.36. The number of halogens is 1. The Morgan fingerprint density at radius 3 is 2.62 bits per heavy atom. The molecule has 2 atom stereocenters. The maximum atomic E-state index is 13.2. The second-order valence-electron chi connectivity index (χ2n) is 6.19.